The lowest BCUT2D eigenvalue weighted by atomic mass is 9.48. The van der Waals surface area contributed by atoms with Gasteiger partial charge in [-0.3, -0.25) is 4.79 Å². The van der Waals surface area contributed by atoms with Crippen LogP contribution >= 0.6 is 0 Å². The number of aliphatic hydroxyl groups is 5. The van der Waals surface area contributed by atoms with Crippen molar-refractivity contribution in [3.8, 4) is 0 Å². The van der Waals surface area contributed by atoms with Crippen molar-refractivity contribution in [1.29, 1.82) is 0 Å². The number of hydrogen-bond donors (Lipinski definition) is 6. The summed E-state index contributed by atoms with van der Waals surface area (Å²) in [5.74, 6) is 1.60. The molecule has 6 N–H and O–H groups in total. The quantitative estimate of drug-likeness (QED) is 0.0308. The van der Waals surface area contributed by atoms with E-state index in [1.807, 2.05) is 0 Å². The molecule has 1 saturated carbocycles. The minimum atomic E-state index is -1.55. The fourth-order valence-electron chi connectivity index (χ4n) is 8.94. The monoisotopic (exact) mass is 752 g/mol. The maximum atomic E-state index is 13.0. The zero-order valence-corrected chi connectivity index (χ0v) is 34.0. The largest absolute Gasteiger partial charge is 0.394 e. The van der Waals surface area contributed by atoms with Crippen LogP contribution in [0.5, 0.6) is 0 Å². The fraction of sp³-hybridized carbons (Fsp3) is 0.932. The summed E-state index contributed by atoms with van der Waals surface area (Å²) in [7, 11) is 0. The Morgan fingerprint density at radius 1 is 0.811 bits per heavy atom. The number of fused-ring (bicyclic) bond motifs is 1. The van der Waals surface area contributed by atoms with Gasteiger partial charge in [0.2, 0.25) is 5.91 Å². The molecule has 9 nitrogen and oxygen atoms in total. The van der Waals surface area contributed by atoms with Gasteiger partial charge in [-0.25, -0.2) is 0 Å². The van der Waals surface area contributed by atoms with Gasteiger partial charge in [-0.05, 0) is 55.8 Å². The number of nitrogens with one attached hydrogen (secondary N) is 1. The first kappa shape index (κ1) is 46.3. The van der Waals surface area contributed by atoms with Crippen molar-refractivity contribution in [2.24, 2.45) is 17.3 Å². The molecule has 1 heterocycles. The van der Waals surface area contributed by atoms with E-state index in [-0.39, 0.29) is 12.5 Å². The normalized spacial score (nSPS) is 27.5. The van der Waals surface area contributed by atoms with Crippen LogP contribution in [0.4, 0.5) is 0 Å². The van der Waals surface area contributed by atoms with E-state index in [1.54, 1.807) is 5.57 Å². The number of allylic oxidation sites excluding steroid dienone is 2. The third-order valence-corrected chi connectivity index (χ3v) is 12.9. The van der Waals surface area contributed by atoms with E-state index in [0.717, 1.165) is 50.4 Å². The Hall–Kier alpha value is -1.07. The predicted octanol–water partition coefficient (Wildman–Crippen LogP) is 8.02. The Labute approximate surface area is 323 Å². The molecule has 9 atom stereocenters. The molecule has 310 valence electrons. The molecule has 0 aromatic rings. The van der Waals surface area contributed by atoms with Crippen LogP contribution in [0.15, 0.2) is 11.6 Å². The van der Waals surface area contributed by atoms with E-state index in [0.29, 0.717) is 18.3 Å². The summed E-state index contributed by atoms with van der Waals surface area (Å²) in [4.78, 5) is 13.0. The van der Waals surface area contributed by atoms with Gasteiger partial charge in [-0.2, -0.15) is 0 Å². The number of unbranched alkanes of at least 4 members (excludes halogenated alkanes) is 19. The summed E-state index contributed by atoms with van der Waals surface area (Å²) in [6, 6.07) is -0.714. The van der Waals surface area contributed by atoms with Crippen LogP contribution in [0, 0.1) is 17.3 Å². The molecular weight excluding hydrogens is 670 g/mol. The minimum absolute atomic E-state index is 0.135. The van der Waals surface area contributed by atoms with Gasteiger partial charge in [0.25, 0.3) is 0 Å². The molecule has 2 bridgehead atoms. The number of amides is 1. The Kier molecular flexibility index (Phi) is 22.7. The van der Waals surface area contributed by atoms with Gasteiger partial charge in [0, 0.05) is 6.42 Å². The van der Waals surface area contributed by atoms with E-state index in [1.165, 1.54) is 116 Å². The van der Waals surface area contributed by atoms with Crippen molar-refractivity contribution < 1.29 is 39.8 Å². The topological polar surface area (TPSA) is 149 Å². The van der Waals surface area contributed by atoms with Gasteiger partial charge in [0.15, 0.2) is 6.29 Å². The Morgan fingerprint density at radius 3 is 1.91 bits per heavy atom. The molecular formula is C44H81NO8. The standard InChI is InChI=1S/C44H81NO8/c1-4-5-6-7-8-9-10-11-12-13-17-20-23-26-37(47)36(32-52-43-42(51)41(50)40(49)38(31-46)53-43)45-39(48)27-24-21-18-15-14-16-19-22-25-33-28-29-34-30-35(33)44(34,2)3/h28,34-38,40-43,46-47,49-51H,4-27,29-32H2,1-3H3,(H,45,48)/t34-,35-,36-,37?,38?,40?,41?,42?,43?/m0/s1. The second-order valence-corrected chi connectivity index (χ2v) is 17.5. The molecule has 3 aliphatic carbocycles. The van der Waals surface area contributed by atoms with Crippen LogP contribution < -0.4 is 5.32 Å². The molecule has 1 aliphatic heterocycles. The van der Waals surface area contributed by atoms with E-state index < -0.39 is 49.5 Å². The lowest BCUT2D eigenvalue weighted by Crippen LogP contribution is -2.60. The fourth-order valence-corrected chi connectivity index (χ4v) is 8.94. The van der Waals surface area contributed by atoms with Gasteiger partial charge in [0.05, 0.1) is 25.4 Å². The van der Waals surface area contributed by atoms with Crippen LogP contribution in [-0.2, 0) is 14.3 Å². The highest BCUT2D eigenvalue weighted by Crippen LogP contribution is 2.59. The highest BCUT2D eigenvalue weighted by Gasteiger charge is 2.50. The molecule has 0 aromatic heterocycles. The summed E-state index contributed by atoms with van der Waals surface area (Å²) in [6.07, 6.45) is 24.9. The SMILES string of the molecule is CCCCCCCCCCCCCCCC(O)[C@H](COC1OC(CO)C(O)C(O)C1O)NC(=O)CCCCCCCCCCC1=CC[C@H]2C[C@@H]1C2(C)C. The molecule has 2 fully saturated rings. The maximum absolute atomic E-state index is 13.0. The van der Waals surface area contributed by atoms with Crippen LogP contribution in [0.3, 0.4) is 0 Å². The highest BCUT2D eigenvalue weighted by molar-refractivity contribution is 5.76. The summed E-state index contributed by atoms with van der Waals surface area (Å²) >= 11 is 0. The molecule has 0 aromatic carbocycles. The molecule has 9 heteroatoms. The van der Waals surface area contributed by atoms with E-state index in [9.17, 15) is 30.3 Å². The molecule has 1 saturated heterocycles. The Bertz CT molecular complexity index is 1000. The van der Waals surface area contributed by atoms with Gasteiger partial charge < -0.3 is 40.3 Å². The third-order valence-electron chi connectivity index (χ3n) is 12.9. The maximum Gasteiger partial charge on any atom is 0.220 e. The van der Waals surface area contributed by atoms with Gasteiger partial charge >= 0.3 is 0 Å². The first-order valence-electron chi connectivity index (χ1n) is 22.2. The van der Waals surface area contributed by atoms with Crippen LogP contribution in [0.2, 0.25) is 0 Å². The predicted molar refractivity (Wildman–Crippen MR) is 212 cm³/mol. The Balaban J connectivity index is 1.29. The van der Waals surface area contributed by atoms with Crippen molar-refractivity contribution in [1.82, 2.24) is 5.32 Å². The molecule has 53 heavy (non-hydrogen) atoms. The molecule has 4 aliphatic rings. The van der Waals surface area contributed by atoms with Crippen LogP contribution in [0.25, 0.3) is 0 Å². The van der Waals surface area contributed by atoms with Crippen molar-refractivity contribution in [2.75, 3.05) is 13.2 Å². The first-order chi connectivity index (χ1) is 25.6. The van der Waals surface area contributed by atoms with Crippen LogP contribution in [0.1, 0.15) is 188 Å². The van der Waals surface area contributed by atoms with E-state index in [4.69, 9.17) is 9.47 Å². The zero-order chi connectivity index (χ0) is 38.5. The number of rotatable bonds is 31. The number of ether oxygens (including phenoxy) is 2. The average molecular weight is 752 g/mol. The highest BCUT2D eigenvalue weighted by atomic mass is 16.7. The molecule has 4 rings (SSSR count). The number of aliphatic hydroxyl groups excluding tert-OH is 5. The van der Waals surface area contributed by atoms with Crippen molar-refractivity contribution in [3.05, 3.63) is 11.6 Å². The summed E-state index contributed by atoms with van der Waals surface area (Å²) in [5, 5.41) is 54.3. The average Bonchev–Trinajstić information content (AvgIpc) is 3.15. The number of carbonyl (C=O) groups excluding carboxylic acids is 1. The second kappa shape index (κ2) is 26.0. The number of hydrogen-bond acceptors (Lipinski definition) is 8. The summed E-state index contributed by atoms with van der Waals surface area (Å²) in [5.41, 5.74) is 2.25. The van der Waals surface area contributed by atoms with E-state index >= 15 is 0 Å². The Morgan fingerprint density at radius 2 is 1.36 bits per heavy atom. The third kappa shape index (κ3) is 16.1. The molecule has 0 radical (unpaired) electrons. The smallest absolute Gasteiger partial charge is 0.220 e. The van der Waals surface area contributed by atoms with Crippen molar-refractivity contribution >= 4 is 5.91 Å². The molecule has 6 unspecified atom stereocenters. The zero-order valence-electron chi connectivity index (χ0n) is 34.0. The van der Waals surface area contributed by atoms with E-state index in [2.05, 4.69) is 32.2 Å². The lowest BCUT2D eigenvalue weighted by Gasteiger charge is -2.56. The molecule has 1 amide bonds. The number of carbonyl (C=O) groups is 1. The van der Waals surface area contributed by atoms with Gasteiger partial charge in [-0.15, -0.1) is 0 Å². The first-order valence-corrected chi connectivity index (χ1v) is 22.2. The summed E-state index contributed by atoms with van der Waals surface area (Å²) < 4.78 is 11.3. The van der Waals surface area contributed by atoms with Gasteiger partial charge in [0.1, 0.15) is 24.4 Å². The van der Waals surface area contributed by atoms with Crippen LogP contribution in [-0.4, -0.2) is 87.5 Å². The second-order valence-electron chi connectivity index (χ2n) is 17.5. The summed E-state index contributed by atoms with van der Waals surface area (Å²) in [6.45, 7) is 6.47. The van der Waals surface area contributed by atoms with Crippen molar-refractivity contribution in [3.63, 3.8) is 0 Å². The van der Waals surface area contributed by atoms with Crippen molar-refractivity contribution in [2.45, 2.75) is 231 Å². The molecule has 0 spiro atoms. The minimum Gasteiger partial charge on any atom is -0.394 e. The van der Waals surface area contributed by atoms with Gasteiger partial charge in [-0.1, -0.05) is 154 Å². The lowest BCUT2D eigenvalue weighted by molar-refractivity contribution is -0.302.